The highest BCUT2D eigenvalue weighted by Crippen LogP contribution is 2.25. The smallest absolute Gasteiger partial charge is 0.0981 e. The standard InChI is InChI=1S/C15H27NOS/c1-4-6-7-13(5-2)10-17-15(12(3)16)14-8-9-18-11-14/h8-9,11-13,15H,4-7,10,16H2,1-3H3. The zero-order valence-electron chi connectivity index (χ0n) is 11.9. The van der Waals surface area contributed by atoms with Gasteiger partial charge in [0.15, 0.2) is 0 Å². The number of hydrogen-bond donors (Lipinski definition) is 1. The maximum Gasteiger partial charge on any atom is 0.0981 e. The fraction of sp³-hybridized carbons (Fsp3) is 0.733. The molecule has 0 radical (unpaired) electrons. The number of nitrogens with two attached hydrogens (primary N) is 1. The average molecular weight is 269 g/mol. The average Bonchev–Trinajstić information content (AvgIpc) is 2.86. The number of ether oxygens (including phenoxy) is 1. The largest absolute Gasteiger partial charge is 0.372 e. The molecular formula is C15H27NOS. The topological polar surface area (TPSA) is 35.2 Å². The van der Waals surface area contributed by atoms with Gasteiger partial charge in [-0.2, -0.15) is 11.3 Å². The quantitative estimate of drug-likeness (QED) is 0.722. The summed E-state index contributed by atoms with van der Waals surface area (Å²) in [7, 11) is 0. The van der Waals surface area contributed by atoms with Crippen molar-refractivity contribution in [3.05, 3.63) is 22.4 Å². The third-order valence-electron chi connectivity index (χ3n) is 3.40. The Morgan fingerprint density at radius 2 is 2.17 bits per heavy atom. The Morgan fingerprint density at radius 3 is 2.67 bits per heavy atom. The Kier molecular flexibility index (Phi) is 7.56. The van der Waals surface area contributed by atoms with E-state index in [9.17, 15) is 0 Å². The zero-order valence-corrected chi connectivity index (χ0v) is 12.7. The van der Waals surface area contributed by atoms with E-state index in [1.165, 1.54) is 31.2 Å². The maximum atomic E-state index is 6.08. The predicted octanol–water partition coefficient (Wildman–Crippen LogP) is 4.37. The first-order chi connectivity index (χ1) is 8.69. The molecule has 1 aromatic heterocycles. The molecule has 0 saturated carbocycles. The van der Waals surface area contributed by atoms with Gasteiger partial charge in [-0.1, -0.05) is 33.1 Å². The Balaban J connectivity index is 2.46. The van der Waals surface area contributed by atoms with Crippen molar-refractivity contribution in [1.29, 1.82) is 0 Å². The number of rotatable bonds is 9. The molecule has 1 rings (SSSR count). The first-order valence-corrected chi connectivity index (χ1v) is 8.02. The van der Waals surface area contributed by atoms with Crippen LogP contribution in [-0.2, 0) is 4.74 Å². The molecule has 0 spiro atoms. The summed E-state index contributed by atoms with van der Waals surface area (Å²) in [6.07, 6.45) is 5.06. The lowest BCUT2D eigenvalue weighted by atomic mass is 10.00. The summed E-state index contributed by atoms with van der Waals surface area (Å²) < 4.78 is 6.08. The van der Waals surface area contributed by atoms with Crippen LogP contribution in [0.2, 0.25) is 0 Å². The molecule has 0 aromatic carbocycles. The summed E-state index contributed by atoms with van der Waals surface area (Å²) in [5.41, 5.74) is 7.26. The molecule has 3 heteroatoms. The molecule has 1 aromatic rings. The summed E-state index contributed by atoms with van der Waals surface area (Å²) in [6, 6.07) is 2.16. The Hall–Kier alpha value is -0.380. The summed E-state index contributed by atoms with van der Waals surface area (Å²) in [4.78, 5) is 0. The molecule has 104 valence electrons. The highest BCUT2D eigenvalue weighted by atomic mass is 32.1. The lowest BCUT2D eigenvalue weighted by molar-refractivity contribution is 0.0130. The second kappa shape index (κ2) is 8.68. The van der Waals surface area contributed by atoms with Gasteiger partial charge in [-0.15, -0.1) is 0 Å². The van der Waals surface area contributed by atoms with Crippen LogP contribution in [0.15, 0.2) is 16.8 Å². The highest BCUT2D eigenvalue weighted by Gasteiger charge is 2.19. The van der Waals surface area contributed by atoms with Gasteiger partial charge >= 0.3 is 0 Å². The molecule has 3 unspecified atom stereocenters. The van der Waals surface area contributed by atoms with E-state index in [2.05, 4.69) is 30.7 Å². The third kappa shape index (κ3) is 5.09. The van der Waals surface area contributed by atoms with E-state index in [1.54, 1.807) is 11.3 Å². The van der Waals surface area contributed by atoms with E-state index in [-0.39, 0.29) is 12.1 Å². The zero-order chi connectivity index (χ0) is 13.4. The van der Waals surface area contributed by atoms with Crippen molar-refractivity contribution in [2.45, 2.75) is 58.6 Å². The lowest BCUT2D eigenvalue weighted by Crippen LogP contribution is -2.28. The van der Waals surface area contributed by atoms with Gasteiger partial charge in [0, 0.05) is 6.04 Å². The molecule has 3 atom stereocenters. The van der Waals surface area contributed by atoms with Crippen molar-refractivity contribution < 1.29 is 4.74 Å². The fourth-order valence-corrected chi connectivity index (χ4v) is 2.81. The van der Waals surface area contributed by atoms with Crippen LogP contribution in [0.1, 0.15) is 58.1 Å². The number of unbranched alkanes of at least 4 members (excludes halogenated alkanes) is 1. The molecule has 18 heavy (non-hydrogen) atoms. The van der Waals surface area contributed by atoms with Crippen LogP contribution in [0.3, 0.4) is 0 Å². The van der Waals surface area contributed by atoms with Crippen molar-refractivity contribution in [3.8, 4) is 0 Å². The molecule has 0 saturated heterocycles. The van der Waals surface area contributed by atoms with Crippen molar-refractivity contribution in [2.24, 2.45) is 11.7 Å². The normalized spacial score (nSPS) is 16.4. The monoisotopic (exact) mass is 269 g/mol. The summed E-state index contributed by atoms with van der Waals surface area (Å²) >= 11 is 1.70. The van der Waals surface area contributed by atoms with Gasteiger partial charge in [0.2, 0.25) is 0 Å². The van der Waals surface area contributed by atoms with Gasteiger partial charge in [0.25, 0.3) is 0 Å². The molecular weight excluding hydrogens is 242 g/mol. The summed E-state index contributed by atoms with van der Waals surface area (Å²) in [5.74, 6) is 0.671. The molecule has 2 N–H and O–H groups in total. The van der Waals surface area contributed by atoms with E-state index in [0.29, 0.717) is 5.92 Å². The van der Waals surface area contributed by atoms with Crippen LogP contribution in [0.5, 0.6) is 0 Å². The van der Waals surface area contributed by atoms with Gasteiger partial charge in [-0.05, 0) is 41.7 Å². The van der Waals surface area contributed by atoms with Crippen LogP contribution >= 0.6 is 11.3 Å². The van der Waals surface area contributed by atoms with Gasteiger partial charge in [-0.3, -0.25) is 0 Å². The van der Waals surface area contributed by atoms with E-state index in [0.717, 1.165) is 6.61 Å². The Labute approximate surface area is 116 Å². The molecule has 2 nitrogen and oxygen atoms in total. The lowest BCUT2D eigenvalue weighted by Gasteiger charge is -2.24. The molecule has 0 fully saturated rings. The number of thiophene rings is 1. The minimum Gasteiger partial charge on any atom is -0.372 e. The predicted molar refractivity (Wildman–Crippen MR) is 80.0 cm³/mol. The van der Waals surface area contributed by atoms with Crippen LogP contribution in [0.25, 0.3) is 0 Å². The van der Waals surface area contributed by atoms with E-state index in [4.69, 9.17) is 10.5 Å². The third-order valence-corrected chi connectivity index (χ3v) is 4.11. The van der Waals surface area contributed by atoms with Crippen LogP contribution in [0, 0.1) is 5.92 Å². The van der Waals surface area contributed by atoms with E-state index < -0.39 is 0 Å². The second-order valence-electron chi connectivity index (χ2n) is 5.09. The first-order valence-electron chi connectivity index (χ1n) is 7.08. The molecule has 0 aliphatic rings. The van der Waals surface area contributed by atoms with Gasteiger partial charge < -0.3 is 10.5 Å². The van der Waals surface area contributed by atoms with Crippen molar-refractivity contribution >= 4 is 11.3 Å². The SMILES string of the molecule is CCCCC(CC)COC(c1ccsc1)C(C)N. The highest BCUT2D eigenvalue weighted by molar-refractivity contribution is 7.07. The van der Waals surface area contributed by atoms with E-state index >= 15 is 0 Å². The summed E-state index contributed by atoms with van der Waals surface area (Å²) in [6.45, 7) is 7.34. The molecule has 0 amide bonds. The van der Waals surface area contributed by atoms with Crippen molar-refractivity contribution in [2.75, 3.05) is 6.61 Å². The van der Waals surface area contributed by atoms with Crippen LogP contribution < -0.4 is 5.73 Å². The first kappa shape index (κ1) is 15.7. The second-order valence-corrected chi connectivity index (χ2v) is 5.87. The minimum atomic E-state index is 0.0447. The molecule has 1 heterocycles. The Morgan fingerprint density at radius 1 is 1.39 bits per heavy atom. The molecule has 0 aliphatic carbocycles. The van der Waals surface area contributed by atoms with Gasteiger partial charge in [0.1, 0.15) is 0 Å². The van der Waals surface area contributed by atoms with Gasteiger partial charge in [0.05, 0.1) is 12.7 Å². The Bertz CT molecular complexity index is 297. The van der Waals surface area contributed by atoms with Crippen molar-refractivity contribution in [3.63, 3.8) is 0 Å². The minimum absolute atomic E-state index is 0.0447. The van der Waals surface area contributed by atoms with Gasteiger partial charge in [-0.25, -0.2) is 0 Å². The van der Waals surface area contributed by atoms with Crippen LogP contribution in [-0.4, -0.2) is 12.6 Å². The van der Waals surface area contributed by atoms with Crippen molar-refractivity contribution in [1.82, 2.24) is 0 Å². The molecule has 0 aliphatic heterocycles. The maximum absolute atomic E-state index is 6.08. The number of hydrogen-bond acceptors (Lipinski definition) is 3. The van der Waals surface area contributed by atoms with E-state index in [1.807, 2.05) is 6.92 Å². The summed E-state index contributed by atoms with van der Waals surface area (Å²) in [5, 5.41) is 4.23. The van der Waals surface area contributed by atoms with Crippen LogP contribution in [0.4, 0.5) is 0 Å². The molecule has 0 bridgehead atoms. The fourth-order valence-electron chi connectivity index (χ4n) is 2.13.